The third-order valence-corrected chi connectivity index (χ3v) is 4.90. The Kier molecular flexibility index (Phi) is 5.43. The van der Waals surface area contributed by atoms with E-state index in [0.29, 0.717) is 31.0 Å². The average Bonchev–Trinajstić information content (AvgIpc) is 3.06. The normalized spacial score (nSPS) is 19.7. The van der Waals surface area contributed by atoms with E-state index in [1.807, 2.05) is 0 Å². The quantitative estimate of drug-likeness (QED) is 0.834. The SMILES string of the molecule is Cn1nccc1C(=O)N1CCCC(COc2ccc(F)cc2)(CC(N)=O)C1. The highest BCUT2D eigenvalue weighted by atomic mass is 19.1. The summed E-state index contributed by atoms with van der Waals surface area (Å²) in [6, 6.07) is 7.37. The maximum absolute atomic E-state index is 13.1. The summed E-state index contributed by atoms with van der Waals surface area (Å²) in [5.41, 5.74) is 5.39. The zero-order chi connectivity index (χ0) is 19.4. The fourth-order valence-corrected chi connectivity index (χ4v) is 3.58. The predicted molar refractivity (Wildman–Crippen MR) is 96.5 cm³/mol. The molecule has 8 heteroatoms. The van der Waals surface area contributed by atoms with Crippen LogP contribution in [0.25, 0.3) is 0 Å². The van der Waals surface area contributed by atoms with Gasteiger partial charge in [-0.1, -0.05) is 0 Å². The summed E-state index contributed by atoms with van der Waals surface area (Å²) in [7, 11) is 1.71. The number of carbonyl (C=O) groups excluding carboxylic acids is 2. The molecule has 0 saturated carbocycles. The molecule has 3 rings (SSSR count). The number of rotatable bonds is 6. The molecule has 2 heterocycles. The van der Waals surface area contributed by atoms with Gasteiger partial charge in [-0.15, -0.1) is 0 Å². The van der Waals surface area contributed by atoms with Crippen molar-refractivity contribution in [1.82, 2.24) is 14.7 Å². The van der Waals surface area contributed by atoms with Crippen molar-refractivity contribution < 1.29 is 18.7 Å². The van der Waals surface area contributed by atoms with Crippen molar-refractivity contribution in [3.63, 3.8) is 0 Å². The lowest BCUT2D eigenvalue weighted by atomic mass is 9.77. The van der Waals surface area contributed by atoms with Crippen LogP contribution in [0.5, 0.6) is 5.75 Å². The van der Waals surface area contributed by atoms with Gasteiger partial charge >= 0.3 is 0 Å². The zero-order valence-electron chi connectivity index (χ0n) is 15.2. The number of amides is 2. The van der Waals surface area contributed by atoms with Crippen LogP contribution in [0.3, 0.4) is 0 Å². The minimum absolute atomic E-state index is 0.114. The zero-order valence-corrected chi connectivity index (χ0v) is 15.2. The van der Waals surface area contributed by atoms with E-state index in [4.69, 9.17) is 10.5 Å². The molecule has 1 saturated heterocycles. The second-order valence-corrected chi connectivity index (χ2v) is 7.06. The molecule has 1 fully saturated rings. The van der Waals surface area contributed by atoms with Crippen LogP contribution in [0.2, 0.25) is 0 Å². The Morgan fingerprint density at radius 1 is 1.30 bits per heavy atom. The van der Waals surface area contributed by atoms with Crippen LogP contribution in [0.15, 0.2) is 36.5 Å². The summed E-state index contributed by atoms with van der Waals surface area (Å²) in [6.45, 7) is 1.18. The van der Waals surface area contributed by atoms with E-state index in [1.165, 1.54) is 28.9 Å². The van der Waals surface area contributed by atoms with Gasteiger partial charge in [-0.25, -0.2) is 4.39 Å². The number of hydrogen-bond acceptors (Lipinski definition) is 4. The van der Waals surface area contributed by atoms with Crippen LogP contribution >= 0.6 is 0 Å². The molecule has 1 aromatic heterocycles. The Morgan fingerprint density at radius 3 is 2.67 bits per heavy atom. The van der Waals surface area contributed by atoms with Gasteiger partial charge in [0.15, 0.2) is 0 Å². The van der Waals surface area contributed by atoms with Crippen molar-refractivity contribution in [3.8, 4) is 5.75 Å². The first-order valence-electron chi connectivity index (χ1n) is 8.82. The summed E-state index contributed by atoms with van der Waals surface area (Å²) < 4.78 is 20.4. The standard InChI is InChI=1S/C19H23FN4O3/c1-23-16(7-9-22-23)18(26)24-10-2-8-19(12-24,11-17(21)25)13-27-15-5-3-14(20)4-6-15/h3-7,9H,2,8,10-13H2,1H3,(H2,21,25). The van der Waals surface area contributed by atoms with Crippen LogP contribution < -0.4 is 10.5 Å². The number of aryl methyl sites for hydroxylation is 1. The number of carbonyl (C=O) groups is 2. The van der Waals surface area contributed by atoms with Crippen LogP contribution in [-0.4, -0.2) is 46.2 Å². The van der Waals surface area contributed by atoms with E-state index in [-0.39, 0.29) is 24.8 Å². The molecule has 0 aliphatic carbocycles. The minimum Gasteiger partial charge on any atom is -0.493 e. The lowest BCUT2D eigenvalue weighted by Crippen LogP contribution is -2.50. The first-order valence-corrected chi connectivity index (χ1v) is 8.82. The number of primary amides is 1. The molecule has 7 nitrogen and oxygen atoms in total. The number of halogens is 1. The van der Waals surface area contributed by atoms with Crippen LogP contribution in [0.1, 0.15) is 29.8 Å². The minimum atomic E-state index is -0.577. The van der Waals surface area contributed by atoms with Crippen molar-refractivity contribution in [2.45, 2.75) is 19.3 Å². The fraction of sp³-hybridized carbons (Fsp3) is 0.421. The summed E-state index contributed by atoms with van der Waals surface area (Å²) in [4.78, 5) is 26.2. The van der Waals surface area contributed by atoms with E-state index in [2.05, 4.69) is 5.10 Å². The monoisotopic (exact) mass is 374 g/mol. The van der Waals surface area contributed by atoms with Crippen molar-refractivity contribution in [2.24, 2.45) is 18.2 Å². The van der Waals surface area contributed by atoms with Gasteiger partial charge in [0.05, 0.1) is 6.61 Å². The number of nitrogens with zero attached hydrogens (tertiary/aromatic N) is 3. The number of benzene rings is 1. The van der Waals surface area contributed by atoms with Gasteiger partial charge in [0.25, 0.3) is 5.91 Å². The summed E-state index contributed by atoms with van der Waals surface area (Å²) in [6.07, 6.45) is 3.14. The predicted octanol–water partition coefficient (Wildman–Crippen LogP) is 1.74. The van der Waals surface area contributed by atoms with E-state index in [1.54, 1.807) is 24.2 Å². The number of ether oxygens (including phenoxy) is 1. The van der Waals surface area contributed by atoms with Gasteiger partial charge in [-0.2, -0.15) is 5.10 Å². The van der Waals surface area contributed by atoms with Gasteiger partial charge < -0.3 is 15.4 Å². The number of hydrogen-bond donors (Lipinski definition) is 1. The molecule has 27 heavy (non-hydrogen) atoms. The molecule has 1 aliphatic heterocycles. The first-order chi connectivity index (χ1) is 12.9. The maximum atomic E-state index is 13.1. The van der Waals surface area contributed by atoms with Gasteiger partial charge in [0.2, 0.25) is 5.91 Å². The molecule has 0 bridgehead atoms. The molecule has 1 aliphatic rings. The highest BCUT2D eigenvalue weighted by molar-refractivity contribution is 5.92. The molecule has 2 amide bonds. The average molecular weight is 374 g/mol. The molecular weight excluding hydrogens is 351 g/mol. The Hall–Kier alpha value is -2.90. The topological polar surface area (TPSA) is 90.4 Å². The summed E-state index contributed by atoms with van der Waals surface area (Å²) in [5, 5.41) is 4.04. The Balaban J connectivity index is 1.76. The highest BCUT2D eigenvalue weighted by Gasteiger charge is 2.40. The van der Waals surface area contributed by atoms with Gasteiger partial charge in [0, 0.05) is 38.2 Å². The maximum Gasteiger partial charge on any atom is 0.272 e. The van der Waals surface area contributed by atoms with Crippen LogP contribution in [0.4, 0.5) is 4.39 Å². The van der Waals surface area contributed by atoms with Crippen molar-refractivity contribution in [1.29, 1.82) is 0 Å². The van der Waals surface area contributed by atoms with E-state index in [9.17, 15) is 14.0 Å². The lowest BCUT2D eigenvalue weighted by molar-refractivity contribution is -0.122. The Labute approximate surface area is 156 Å². The lowest BCUT2D eigenvalue weighted by Gasteiger charge is -2.42. The largest absolute Gasteiger partial charge is 0.493 e. The molecule has 1 atom stereocenters. The number of nitrogens with two attached hydrogens (primary N) is 1. The second-order valence-electron chi connectivity index (χ2n) is 7.06. The van der Waals surface area contributed by atoms with E-state index >= 15 is 0 Å². The molecule has 144 valence electrons. The van der Waals surface area contributed by atoms with Crippen LogP contribution in [-0.2, 0) is 11.8 Å². The van der Waals surface area contributed by atoms with E-state index < -0.39 is 11.3 Å². The Morgan fingerprint density at radius 2 is 2.04 bits per heavy atom. The van der Waals surface area contributed by atoms with Crippen LogP contribution in [0, 0.1) is 11.2 Å². The van der Waals surface area contributed by atoms with E-state index in [0.717, 1.165) is 6.42 Å². The van der Waals surface area contributed by atoms with Gasteiger partial charge in [0.1, 0.15) is 17.3 Å². The third-order valence-electron chi connectivity index (χ3n) is 4.90. The molecule has 0 spiro atoms. The molecule has 2 aromatic rings. The number of aromatic nitrogens is 2. The first kappa shape index (κ1) is 18.9. The molecule has 0 radical (unpaired) electrons. The summed E-state index contributed by atoms with van der Waals surface area (Å²) >= 11 is 0. The second kappa shape index (κ2) is 7.77. The molecule has 1 aromatic carbocycles. The Bertz CT molecular complexity index is 821. The molecular formula is C19H23FN4O3. The van der Waals surface area contributed by atoms with Gasteiger partial charge in [-0.3, -0.25) is 14.3 Å². The van der Waals surface area contributed by atoms with Crippen molar-refractivity contribution in [3.05, 3.63) is 48.0 Å². The highest BCUT2D eigenvalue weighted by Crippen LogP contribution is 2.35. The van der Waals surface area contributed by atoms with Crippen molar-refractivity contribution >= 4 is 11.8 Å². The molecule has 2 N–H and O–H groups in total. The number of likely N-dealkylation sites (tertiary alicyclic amines) is 1. The number of piperidine rings is 1. The summed E-state index contributed by atoms with van der Waals surface area (Å²) in [5.74, 6) is -0.409. The van der Waals surface area contributed by atoms with Gasteiger partial charge in [-0.05, 0) is 43.2 Å². The third kappa shape index (κ3) is 4.45. The smallest absolute Gasteiger partial charge is 0.272 e. The van der Waals surface area contributed by atoms with Crippen molar-refractivity contribution in [2.75, 3.05) is 19.7 Å². The fourth-order valence-electron chi connectivity index (χ4n) is 3.58. The molecule has 1 unspecified atom stereocenters.